The molecule has 1 aliphatic heterocycles. The molecule has 1 aliphatic rings. The van der Waals surface area contributed by atoms with Gasteiger partial charge in [0.15, 0.2) is 17.4 Å². The molecule has 254 valence electrons. The fraction of sp³-hybridized carbons (Fsp3) is 0.486. The third kappa shape index (κ3) is 8.97. The molecule has 1 saturated heterocycles. The van der Waals surface area contributed by atoms with Crippen molar-refractivity contribution in [2.45, 2.75) is 77.3 Å². The summed E-state index contributed by atoms with van der Waals surface area (Å²) in [4.78, 5) is 32.7. The number of fused-ring (bicyclic) bond motifs is 1. The molecule has 1 amide bonds. The number of nitrogens with one attached hydrogen (secondary N) is 1. The smallest absolute Gasteiger partial charge is 0.337 e. The number of carbonyl (C=O) groups is 2. The predicted octanol–water partition coefficient (Wildman–Crippen LogP) is 4.44. The van der Waals surface area contributed by atoms with Crippen LogP contribution in [0.25, 0.3) is 5.65 Å². The van der Waals surface area contributed by atoms with E-state index in [0.29, 0.717) is 67.6 Å². The largest absolute Gasteiger partial charge is 0.489 e. The predicted molar refractivity (Wildman–Crippen MR) is 179 cm³/mol. The van der Waals surface area contributed by atoms with E-state index in [0.717, 1.165) is 5.56 Å². The van der Waals surface area contributed by atoms with Gasteiger partial charge in [0, 0.05) is 37.8 Å². The number of aliphatic hydroxyl groups is 1. The van der Waals surface area contributed by atoms with Crippen LogP contribution in [0.3, 0.4) is 0 Å². The molecule has 2 aromatic heterocycles. The minimum atomic E-state index is -1.33. The Labute approximate surface area is 276 Å². The van der Waals surface area contributed by atoms with Gasteiger partial charge in [-0.25, -0.2) is 9.78 Å². The van der Waals surface area contributed by atoms with Crippen molar-refractivity contribution in [3.8, 4) is 5.75 Å². The van der Waals surface area contributed by atoms with Gasteiger partial charge in [-0.3, -0.25) is 4.79 Å². The molecule has 0 radical (unpaired) electrons. The number of hydrogen-bond acceptors (Lipinski definition) is 9. The minimum absolute atomic E-state index is 0.0248. The standard InChI is InChI=1S/C35H47N5O7/c1-8-18-45-27-13-11-10-12-24(27)20-25(41)22-36-31(42)26-21-28-37-23(3)29(30(33(43)44)47-34(4,5)6)32(40(28)38-26)39-16-14-35(7,15-17-39)46-19-9-2/h8-13,21,25,30,41H,1-2,14-20,22H2,3-7H3,(H,36,42)(H,43,44). The number of carbonyl (C=O) groups excluding carboxylic acids is 1. The quantitative estimate of drug-likeness (QED) is 0.202. The first-order valence-electron chi connectivity index (χ1n) is 15.8. The molecule has 12 nitrogen and oxygen atoms in total. The number of para-hydroxylation sites is 1. The summed E-state index contributed by atoms with van der Waals surface area (Å²) in [5.41, 5.74) is 0.967. The molecule has 0 saturated carbocycles. The molecule has 3 N–H and O–H groups in total. The van der Waals surface area contributed by atoms with Crippen LogP contribution in [0.1, 0.15) is 73.9 Å². The van der Waals surface area contributed by atoms with Crippen LogP contribution in [0.2, 0.25) is 0 Å². The van der Waals surface area contributed by atoms with Crippen LogP contribution in [0, 0.1) is 6.92 Å². The van der Waals surface area contributed by atoms with Gasteiger partial charge >= 0.3 is 5.97 Å². The summed E-state index contributed by atoms with van der Waals surface area (Å²) in [6, 6.07) is 8.95. The number of aliphatic hydroxyl groups excluding tert-OH is 1. The van der Waals surface area contributed by atoms with Crippen LogP contribution in [0.4, 0.5) is 5.82 Å². The van der Waals surface area contributed by atoms with Crippen LogP contribution >= 0.6 is 0 Å². The third-order valence-corrected chi connectivity index (χ3v) is 7.95. The maximum Gasteiger partial charge on any atom is 0.337 e. The van der Waals surface area contributed by atoms with Crippen molar-refractivity contribution < 1.29 is 34.0 Å². The molecule has 4 rings (SSSR count). The Kier molecular flexibility index (Phi) is 11.4. The van der Waals surface area contributed by atoms with Gasteiger partial charge in [0.05, 0.1) is 29.5 Å². The number of anilines is 1. The first kappa shape index (κ1) is 35.6. The number of amides is 1. The topological polar surface area (TPSA) is 148 Å². The number of carboxylic acid groups (broad SMARTS) is 1. The van der Waals surface area contributed by atoms with E-state index in [-0.39, 0.29) is 24.3 Å². The highest BCUT2D eigenvalue weighted by Crippen LogP contribution is 2.37. The molecule has 2 unspecified atom stereocenters. The molecule has 3 heterocycles. The fourth-order valence-electron chi connectivity index (χ4n) is 5.61. The van der Waals surface area contributed by atoms with Crippen LogP contribution in [-0.4, -0.2) is 86.8 Å². The fourth-order valence-corrected chi connectivity index (χ4v) is 5.61. The van der Waals surface area contributed by atoms with Gasteiger partial charge in [-0.05, 0) is 59.1 Å². The van der Waals surface area contributed by atoms with E-state index in [2.05, 4.69) is 40.4 Å². The van der Waals surface area contributed by atoms with Gasteiger partial charge < -0.3 is 34.6 Å². The number of nitrogens with zero attached hydrogens (tertiary/aromatic N) is 4. The lowest BCUT2D eigenvalue weighted by molar-refractivity contribution is -0.160. The first-order chi connectivity index (χ1) is 22.2. The van der Waals surface area contributed by atoms with Crippen molar-refractivity contribution in [3.63, 3.8) is 0 Å². The molecule has 0 spiro atoms. The lowest BCUT2D eigenvalue weighted by Gasteiger charge is -2.41. The zero-order valence-corrected chi connectivity index (χ0v) is 28.0. The van der Waals surface area contributed by atoms with E-state index < -0.39 is 29.7 Å². The Hall–Kier alpha value is -4.26. The average Bonchev–Trinajstić information content (AvgIpc) is 3.44. The molecule has 1 aromatic carbocycles. The highest BCUT2D eigenvalue weighted by atomic mass is 16.5. The molecule has 12 heteroatoms. The normalized spacial score (nSPS) is 16.0. The van der Waals surface area contributed by atoms with E-state index in [9.17, 15) is 19.8 Å². The van der Waals surface area contributed by atoms with E-state index in [1.165, 1.54) is 4.52 Å². The SMILES string of the molecule is C=CCOc1ccccc1CC(O)CNC(=O)c1cc2nc(C)c(C(OC(C)(C)C)C(=O)O)c(N3CCC(C)(OCC=C)CC3)n2n1. The second-order valence-electron chi connectivity index (χ2n) is 13.0. The highest BCUT2D eigenvalue weighted by molar-refractivity contribution is 5.93. The number of hydrogen-bond donors (Lipinski definition) is 3. The molecular formula is C35H47N5O7. The summed E-state index contributed by atoms with van der Waals surface area (Å²) in [7, 11) is 0. The van der Waals surface area contributed by atoms with Gasteiger partial charge in [-0.2, -0.15) is 9.61 Å². The molecule has 0 aliphatic carbocycles. The first-order valence-corrected chi connectivity index (χ1v) is 15.8. The minimum Gasteiger partial charge on any atom is -0.489 e. The summed E-state index contributed by atoms with van der Waals surface area (Å²) in [5.74, 6) is -0.508. The number of carboxylic acids is 1. The summed E-state index contributed by atoms with van der Waals surface area (Å²) in [6.07, 6.45) is 2.77. The molecule has 47 heavy (non-hydrogen) atoms. The van der Waals surface area contributed by atoms with Crippen LogP contribution in [-0.2, 0) is 20.7 Å². The molecule has 1 fully saturated rings. The lowest BCUT2D eigenvalue weighted by Crippen LogP contribution is -2.45. The summed E-state index contributed by atoms with van der Waals surface area (Å²) in [5, 5.41) is 28.5. The second-order valence-corrected chi connectivity index (χ2v) is 13.0. The van der Waals surface area contributed by atoms with E-state index in [1.54, 1.807) is 45.9 Å². The summed E-state index contributed by atoms with van der Waals surface area (Å²) < 4.78 is 19.3. The van der Waals surface area contributed by atoms with Gasteiger partial charge in [-0.1, -0.05) is 36.9 Å². The van der Waals surface area contributed by atoms with Crippen molar-refractivity contribution >= 4 is 23.3 Å². The number of piperidine rings is 1. The van der Waals surface area contributed by atoms with Crippen LogP contribution in [0.5, 0.6) is 5.75 Å². The molecular weight excluding hydrogens is 602 g/mol. The van der Waals surface area contributed by atoms with E-state index in [1.807, 2.05) is 24.3 Å². The van der Waals surface area contributed by atoms with Crippen molar-refractivity contribution in [3.05, 3.63) is 78.2 Å². The number of benzene rings is 1. The van der Waals surface area contributed by atoms with Gasteiger partial charge in [-0.15, -0.1) is 6.58 Å². The molecule has 3 aromatic rings. The van der Waals surface area contributed by atoms with Crippen molar-refractivity contribution in [2.75, 3.05) is 37.7 Å². The van der Waals surface area contributed by atoms with Crippen LogP contribution < -0.4 is 15.0 Å². The monoisotopic (exact) mass is 649 g/mol. The second kappa shape index (κ2) is 15.1. The van der Waals surface area contributed by atoms with Crippen molar-refractivity contribution in [1.29, 1.82) is 0 Å². The Morgan fingerprint density at radius 3 is 2.47 bits per heavy atom. The lowest BCUT2D eigenvalue weighted by atomic mass is 9.92. The van der Waals surface area contributed by atoms with E-state index >= 15 is 0 Å². The Balaban J connectivity index is 1.64. The summed E-state index contributed by atoms with van der Waals surface area (Å²) in [6.45, 7) is 18.4. The van der Waals surface area contributed by atoms with Gasteiger partial charge in [0.2, 0.25) is 0 Å². The molecule has 2 atom stereocenters. The van der Waals surface area contributed by atoms with E-state index in [4.69, 9.17) is 14.2 Å². The maximum absolute atomic E-state index is 13.3. The Morgan fingerprint density at radius 1 is 1.15 bits per heavy atom. The third-order valence-electron chi connectivity index (χ3n) is 7.95. The number of aliphatic carboxylic acids is 1. The number of ether oxygens (including phenoxy) is 3. The van der Waals surface area contributed by atoms with Gasteiger partial charge in [0.25, 0.3) is 5.91 Å². The van der Waals surface area contributed by atoms with Gasteiger partial charge in [0.1, 0.15) is 18.2 Å². The van der Waals surface area contributed by atoms with Crippen LogP contribution in [0.15, 0.2) is 55.6 Å². The highest BCUT2D eigenvalue weighted by Gasteiger charge is 2.38. The average molecular weight is 650 g/mol. The number of aryl methyl sites for hydroxylation is 1. The Morgan fingerprint density at radius 2 is 1.83 bits per heavy atom. The Bertz CT molecular complexity index is 1590. The number of aromatic nitrogens is 3. The maximum atomic E-state index is 13.3. The zero-order valence-electron chi connectivity index (χ0n) is 28.0. The molecule has 0 bridgehead atoms. The van der Waals surface area contributed by atoms with Crippen molar-refractivity contribution in [1.82, 2.24) is 19.9 Å². The summed E-state index contributed by atoms with van der Waals surface area (Å²) >= 11 is 0. The number of rotatable bonds is 15. The zero-order chi connectivity index (χ0) is 34.4. The van der Waals surface area contributed by atoms with Crippen molar-refractivity contribution in [2.24, 2.45) is 0 Å².